The topological polar surface area (TPSA) is 38.8 Å². The SMILES string of the molecule is C1CCOC1.COC(=O)CC1CCN(Cc2ccc(C(F)(F)F)cc2)C(c2ccc(C(F)(F)F)cc2)C1. The lowest BCUT2D eigenvalue weighted by Crippen LogP contribution is -2.37. The molecule has 0 radical (unpaired) electrons. The summed E-state index contributed by atoms with van der Waals surface area (Å²) in [6.45, 7) is 2.89. The summed E-state index contributed by atoms with van der Waals surface area (Å²) >= 11 is 0. The lowest BCUT2D eigenvalue weighted by molar-refractivity contribution is -0.142. The maximum Gasteiger partial charge on any atom is 0.416 e. The third-order valence-corrected chi connectivity index (χ3v) is 6.62. The van der Waals surface area contributed by atoms with Gasteiger partial charge in [0.1, 0.15) is 0 Å². The second-order valence-electron chi connectivity index (χ2n) is 9.29. The fraction of sp³-hybridized carbons (Fsp3) is 0.519. The molecule has 204 valence electrons. The quantitative estimate of drug-likeness (QED) is 0.307. The molecule has 0 spiro atoms. The molecule has 2 aromatic carbocycles. The van der Waals surface area contributed by atoms with Crippen LogP contribution in [0.4, 0.5) is 26.3 Å². The number of nitrogens with zero attached hydrogens (tertiary/aromatic N) is 1. The Morgan fingerprint density at radius 3 is 1.92 bits per heavy atom. The smallest absolute Gasteiger partial charge is 0.416 e. The van der Waals surface area contributed by atoms with Crippen molar-refractivity contribution in [3.8, 4) is 0 Å². The third kappa shape index (κ3) is 8.74. The number of rotatable bonds is 5. The van der Waals surface area contributed by atoms with Crippen LogP contribution in [0.2, 0.25) is 0 Å². The molecule has 4 rings (SSSR count). The number of hydrogen-bond acceptors (Lipinski definition) is 4. The molecule has 0 N–H and O–H groups in total. The van der Waals surface area contributed by atoms with Crippen LogP contribution >= 0.6 is 0 Å². The normalized spacial score (nSPS) is 20.7. The van der Waals surface area contributed by atoms with Crippen LogP contribution < -0.4 is 0 Å². The van der Waals surface area contributed by atoms with Gasteiger partial charge in [-0.15, -0.1) is 0 Å². The second kappa shape index (κ2) is 12.8. The van der Waals surface area contributed by atoms with Gasteiger partial charge in [-0.05, 0) is 73.5 Å². The van der Waals surface area contributed by atoms with Gasteiger partial charge in [0.15, 0.2) is 0 Å². The molecule has 2 aliphatic heterocycles. The molecular formula is C27H31F6NO3. The third-order valence-electron chi connectivity index (χ3n) is 6.62. The Labute approximate surface area is 212 Å². The zero-order valence-corrected chi connectivity index (χ0v) is 20.6. The fourth-order valence-electron chi connectivity index (χ4n) is 4.57. The highest BCUT2D eigenvalue weighted by atomic mass is 19.4. The first kappa shape index (κ1) is 29.0. The summed E-state index contributed by atoms with van der Waals surface area (Å²) in [4.78, 5) is 13.7. The lowest BCUT2D eigenvalue weighted by atomic mass is 9.84. The van der Waals surface area contributed by atoms with Crippen LogP contribution in [-0.4, -0.2) is 37.7 Å². The Morgan fingerprint density at radius 2 is 1.46 bits per heavy atom. The second-order valence-corrected chi connectivity index (χ2v) is 9.29. The predicted octanol–water partition coefficient (Wildman–Crippen LogP) is 7.04. The molecule has 0 aromatic heterocycles. The average Bonchev–Trinajstić information content (AvgIpc) is 3.45. The van der Waals surface area contributed by atoms with Crippen LogP contribution in [-0.2, 0) is 33.2 Å². The van der Waals surface area contributed by atoms with E-state index in [-0.39, 0.29) is 24.3 Å². The van der Waals surface area contributed by atoms with E-state index in [4.69, 9.17) is 9.47 Å². The van der Waals surface area contributed by atoms with Crippen molar-refractivity contribution in [1.29, 1.82) is 0 Å². The van der Waals surface area contributed by atoms with E-state index < -0.39 is 23.5 Å². The molecule has 10 heteroatoms. The van der Waals surface area contributed by atoms with Gasteiger partial charge >= 0.3 is 18.3 Å². The number of esters is 1. The van der Waals surface area contributed by atoms with E-state index in [9.17, 15) is 31.1 Å². The number of hydrogen-bond donors (Lipinski definition) is 0. The van der Waals surface area contributed by atoms with E-state index in [1.165, 1.54) is 44.2 Å². The van der Waals surface area contributed by atoms with Crippen LogP contribution in [0.3, 0.4) is 0 Å². The Hall–Kier alpha value is -2.59. The molecular weight excluding hydrogens is 500 g/mol. The Kier molecular flexibility index (Phi) is 10.0. The van der Waals surface area contributed by atoms with Crippen LogP contribution in [0.15, 0.2) is 48.5 Å². The molecule has 2 fully saturated rings. The van der Waals surface area contributed by atoms with Gasteiger partial charge in [-0.1, -0.05) is 24.3 Å². The maximum absolute atomic E-state index is 12.9. The molecule has 2 aliphatic rings. The summed E-state index contributed by atoms with van der Waals surface area (Å²) in [5.74, 6) is -0.351. The van der Waals surface area contributed by atoms with Crippen molar-refractivity contribution >= 4 is 5.97 Å². The Bertz CT molecular complexity index is 978. The summed E-state index contributed by atoms with van der Waals surface area (Å²) in [7, 11) is 1.30. The average molecular weight is 532 g/mol. The zero-order valence-electron chi connectivity index (χ0n) is 20.6. The predicted molar refractivity (Wildman–Crippen MR) is 125 cm³/mol. The van der Waals surface area contributed by atoms with Gasteiger partial charge in [-0.3, -0.25) is 9.69 Å². The Morgan fingerprint density at radius 1 is 0.919 bits per heavy atom. The van der Waals surface area contributed by atoms with Gasteiger partial charge in [0.05, 0.1) is 18.2 Å². The molecule has 0 saturated carbocycles. The molecule has 0 aliphatic carbocycles. The first-order valence-electron chi connectivity index (χ1n) is 12.2. The number of alkyl halides is 6. The summed E-state index contributed by atoms with van der Waals surface area (Å²) in [5.41, 5.74) is -0.157. The number of halogens is 6. The molecule has 2 atom stereocenters. The number of carbonyl (C=O) groups excluding carboxylic acids is 1. The number of benzene rings is 2. The summed E-state index contributed by atoms with van der Waals surface area (Å²) in [6, 6.07) is 9.48. The number of ether oxygens (including phenoxy) is 2. The molecule has 2 saturated heterocycles. The van der Waals surface area contributed by atoms with E-state index in [1.807, 2.05) is 4.90 Å². The molecule has 37 heavy (non-hydrogen) atoms. The van der Waals surface area contributed by atoms with Gasteiger partial charge in [0.2, 0.25) is 0 Å². The standard InChI is InChI=1S/C23H23F6NO2.C4H8O/c1-32-21(31)13-16-10-11-30(14-15-2-6-18(7-3-15)22(24,25)26)20(12-16)17-4-8-19(9-5-17)23(27,28)29;1-2-4-5-3-1/h2-9,16,20H,10-14H2,1H3;1-4H2. The fourth-order valence-corrected chi connectivity index (χ4v) is 4.57. The monoisotopic (exact) mass is 531 g/mol. The maximum atomic E-state index is 12.9. The van der Waals surface area contributed by atoms with Crippen molar-refractivity contribution in [2.24, 2.45) is 5.92 Å². The first-order chi connectivity index (χ1) is 17.5. The van der Waals surface area contributed by atoms with E-state index in [0.717, 1.165) is 37.5 Å². The van der Waals surface area contributed by atoms with Crippen LogP contribution in [0, 0.1) is 5.92 Å². The number of carbonyl (C=O) groups is 1. The summed E-state index contributed by atoms with van der Waals surface area (Å²) in [6.07, 6.45) is -4.90. The van der Waals surface area contributed by atoms with Gasteiger partial charge in [0.25, 0.3) is 0 Å². The van der Waals surface area contributed by atoms with E-state index in [0.29, 0.717) is 37.1 Å². The minimum absolute atomic E-state index is 0.00130. The van der Waals surface area contributed by atoms with Crippen molar-refractivity contribution < 1.29 is 40.6 Å². The summed E-state index contributed by atoms with van der Waals surface area (Å²) < 4.78 is 87.0. The van der Waals surface area contributed by atoms with Crippen LogP contribution in [0.25, 0.3) is 0 Å². The van der Waals surface area contributed by atoms with Crippen molar-refractivity contribution in [3.05, 3.63) is 70.8 Å². The number of methoxy groups -OCH3 is 1. The zero-order chi connectivity index (χ0) is 27.1. The van der Waals surface area contributed by atoms with Crippen molar-refractivity contribution in [3.63, 3.8) is 0 Å². The van der Waals surface area contributed by atoms with Gasteiger partial charge in [0, 0.05) is 32.2 Å². The minimum Gasteiger partial charge on any atom is -0.469 e. The number of likely N-dealkylation sites (tertiary alicyclic amines) is 1. The molecule has 0 amide bonds. The number of piperidine rings is 1. The molecule has 2 aromatic rings. The highest BCUT2D eigenvalue weighted by Crippen LogP contribution is 2.38. The molecule has 0 bridgehead atoms. The van der Waals surface area contributed by atoms with Gasteiger partial charge in [-0.2, -0.15) is 26.3 Å². The van der Waals surface area contributed by atoms with Crippen molar-refractivity contribution in [1.82, 2.24) is 4.90 Å². The molecule has 2 heterocycles. The first-order valence-corrected chi connectivity index (χ1v) is 12.2. The van der Waals surface area contributed by atoms with Crippen LogP contribution in [0.5, 0.6) is 0 Å². The summed E-state index contributed by atoms with van der Waals surface area (Å²) in [5, 5.41) is 0. The van der Waals surface area contributed by atoms with Gasteiger partial charge < -0.3 is 9.47 Å². The van der Waals surface area contributed by atoms with E-state index in [1.54, 1.807) is 0 Å². The molecule has 4 nitrogen and oxygen atoms in total. The highest BCUT2D eigenvalue weighted by molar-refractivity contribution is 5.69. The Balaban J connectivity index is 0.000000678. The minimum atomic E-state index is -4.45. The van der Waals surface area contributed by atoms with Crippen molar-refractivity contribution in [2.45, 2.75) is 57.0 Å². The highest BCUT2D eigenvalue weighted by Gasteiger charge is 2.34. The largest absolute Gasteiger partial charge is 0.469 e. The molecule has 2 unspecified atom stereocenters. The van der Waals surface area contributed by atoms with Crippen LogP contribution in [0.1, 0.15) is 60.4 Å². The van der Waals surface area contributed by atoms with Gasteiger partial charge in [-0.25, -0.2) is 0 Å². The lowest BCUT2D eigenvalue weighted by Gasteiger charge is -2.40. The van der Waals surface area contributed by atoms with E-state index in [2.05, 4.69) is 0 Å². The van der Waals surface area contributed by atoms with E-state index >= 15 is 0 Å². The van der Waals surface area contributed by atoms with Crippen molar-refractivity contribution in [2.75, 3.05) is 26.9 Å².